The van der Waals surface area contributed by atoms with Gasteiger partial charge in [0.25, 0.3) is 0 Å². The zero-order valence-corrected chi connectivity index (χ0v) is 11.0. The van der Waals surface area contributed by atoms with Crippen LogP contribution in [-0.2, 0) is 11.2 Å². The summed E-state index contributed by atoms with van der Waals surface area (Å²) in [5, 5.41) is 0. The highest BCUT2D eigenvalue weighted by atomic mass is 16.5. The van der Waals surface area contributed by atoms with Crippen LogP contribution in [0.15, 0.2) is 24.3 Å². The molecule has 94 valence electrons. The molecule has 0 aromatic heterocycles. The number of benzene rings is 1. The molecule has 0 unspecified atom stereocenters. The van der Waals surface area contributed by atoms with Crippen molar-refractivity contribution in [3.05, 3.63) is 35.4 Å². The van der Waals surface area contributed by atoms with Crippen molar-refractivity contribution in [2.45, 2.75) is 32.2 Å². The summed E-state index contributed by atoms with van der Waals surface area (Å²) in [6.07, 6.45) is 4.02. The maximum atomic E-state index is 4.54. The van der Waals surface area contributed by atoms with E-state index in [0.29, 0.717) is 0 Å². The van der Waals surface area contributed by atoms with Gasteiger partial charge in [-0.2, -0.15) is 0 Å². The molecule has 1 saturated heterocycles. The maximum absolute atomic E-state index is 4.54. The van der Waals surface area contributed by atoms with Crippen LogP contribution in [0.4, 0.5) is 0 Å². The van der Waals surface area contributed by atoms with E-state index in [9.17, 15) is 0 Å². The van der Waals surface area contributed by atoms with E-state index in [1.54, 1.807) is 18.2 Å². The second-order valence-corrected chi connectivity index (χ2v) is 4.72. The van der Waals surface area contributed by atoms with Gasteiger partial charge in [-0.15, -0.1) is 0 Å². The molecular formula is C15H23NO. The lowest BCUT2D eigenvalue weighted by Crippen LogP contribution is -2.30. The summed E-state index contributed by atoms with van der Waals surface area (Å²) < 4.78 is 4.54. The molecule has 2 aliphatic heterocycles. The third kappa shape index (κ3) is 2.88. The van der Waals surface area contributed by atoms with E-state index in [0.717, 1.165) is 12.6 Å². The summed E-state index contributed by atoms with van der Waals surface area (Å²) in [6, 6.07) is 9.72. The van der Waals surface area contributed by atoms with Gasteiger partial charge in [0.15, 0.2) is 0 Å². The molecule has 1 aromatic rings. The van der Waals surface area contributed by atoms with Crippen molar-refractivity contribution in [1.29, 1.82) is 0 Å². The Balaban J connectivity index is 0.000000239. The first-order valence-electron chi connectivity index (χ1n) is 6.67. The molecule has 0 aliphatic carbocycles. The van der Waals surface area contributed by atoms with Gasteiger partial charge in [-0.1, -0.05) is 24.3 Å². The number of nitrogens with zero attached hydrogens (tertiary/aromatic N) is 1. The van der Waals surface area contributed by atoms with E-state index >= 15 is 0 Å². The third-order valence-corrected chi connectivity index (χ3v) is 3.73. The molecule has 3 rings (SSSR count). The number of hydrogen-bond acceptors (Lipinski definition) is 2. The number of ether oxygens (including phenoxy) is 1. The highest BCUT2D eigenvalue weighted by molar-refractivity contribution is 5.33. The Morgan fingerprint density at radius 3 is 2.82 bits per heavy atom. The van der Waals surface area contributed by atoms with Crippen LogP contribution in [0.2, 0.25) is 0 Å². The van der Waals surface area contributed by atoms with Crippen molar-refractivity contribution >= 4 is 0 Å². The smallest absolute Gasteiger partial charge is 0.0433 e. The topological polar surface area (TPSA) is 12.5 Å². The van der Waals surface area contributed by atoms with Crippen molar-refractivity contribution in [2.75, 3.05) is 26.8 Å². The Kier molecular flexibility index (Phi) is 4.57. The largest absolute Gasteiger partial charge is 0.385 e. The van der Waals surface area contributed by atoms with Crippen molar-refractivity contribution in [2.24, 2.45) is 0 Å². The number of fused-ring (bicyclic) bond motifs is 3. The van der Waals surface area contributed by atoms with Gasteiger partial charge < -0.3 is 4.74 Å². The molecule has 2 heterocycles. The second-order valence-electron chi connectivity index (χ2n) is 4.72. The van der Waals surface area contributed by atoms with Crippen LogP contribution in [-0.4, -0.2) is 31.7 Å². The zero-order valence-electron chi connectivity index (χ0n) is 11.0. The second kappa shape index (κ2) is 6.18. The standard InChI is InChI=1S/C12H15N.C3H8O/c1-2-5-11-10(4-1)7-9-13-8-3-6-12(11)13;1-3-4-2/h1-2,4-5,12H,3,6-9H2;3H2,1-2H3/t12-;/m0./s1. The van der Waals surface area contributed by atoms with Crippen LogP contribution < -0.4 is 0 Å². The lowest BCUT2D eigenvalue weighted by molar-refractivity contribution is 0.215. The molecule has 0 N–H and O–H groups in total. The molecule has 2 nitrogen and oxygen atoms in total. The monoisotopic (exact) mass is 233 g/mol. The van der Waals surface area contributed by atoms with Crippen LogP contribution in [0.5, 0.6) is 0 Å². The Hall–Kier alpha value is -0.860. The Labute approximate surface area is 105 Å². The lowest BCUT2D eigenvalue weighted by Gasteiger charge is -2.31. The van der Waals surface area contributed by atoms with E-state index in [-0.39, 0.29) is 0 Å². The van der Waals surface area contributed by atoms with E-state index in [2.05, 4.69) is 33.9 Å². The quantitative estimate of drug-likeness (QED) is 0.739. The fourth-order valence-electron chi connectivity index (χ4n) is 2.80. The summed E-state index contributed by atoms with van der Waals surface area (Å²) >= 11 is 0. The lowest BCUT2D eigenvalue weighted by atomic mass is 9.93. The van der Waals surface area contributed by atoms with Crippen LogP contribution in [0.25, 0.3) is 0 Å². The summed E-state index contributed by atoms with van der Waals surface area (Å²) in [5.41, 5.74) is 3.19. The molecule has 0 spiro atoms. The highest BCUT2D eigenvalue weighted by Gasteiger charge is 2.30. The van der Waals surface area contributed by atoms with Crippen molar-refractivity contribution < 1.29 is 4.74 Å². The van der Waals surface area contributed by atoms with Gasteiger partial charge >= 0.3 is 0 Å². The van der Waals surface area contributed by atoms with Gasteiger partial charge in [0.05, 0.1) is 0 Å². The Morgan fingerprint density at radius 2 is 2.06 bits per heavy atom. The average Bonchev–Trinajstić information content (AvgIpc) is 2.88. The van der Waals surface area contributed by atoms with Gasteiger partial charge in [0.1, 0.15) is 0 Å². The van der Waals surface area contributed by atoms with Crippen LogP contribution in [0, 0.1) is 0 Å². The summed E-state index contributed by atoms with van der Waals surface area (Å²) in [6.45, 7) is 5.38. The minimum Gasteiger partial charge on any atom is -0.385 e. The molecule has 2 heteroatoms. The van der Waals surface area contributed by atoms with Crippen molar-refractivity contribution in [1.82, 2.24) is 4.90 Å². The van der Waals surface area contributed by atoms with Gasteiger partial charge in [0, 0.05) is 26.3 Å². The molecule has 0 bridgehead atoms. The zero-order chi connectivity index (χ0) is 12.1. The van der Waals surface area contributed by atoms with E-state index in [1.807, 2.05) is 6.92 Å². The fourth-order valence-corrected chi connectivity index (χ4v) is 2.80. The summed E-state index contributed by atoms with van der Waals surface area (Å²) in [7, 11) is 1.68. The van der Waals surface area contributed by atoms with Crippen molar-refractivity contribution in [3.8, 4) is 0 Å². The van der Waals surface area contributed by atoms with Crippen LogP contribution in [0.1, 0.15) is 36.9 Å². The first-order valence-corrected chi connectivity index (χ1v) is 6.67. The van der Waals surface area contributed by atoms with Crippen molar-refractivity contribution in [3.63, 3.8) is 0 Å². The molecule has 1 aromatic carbocycles. The third-order valence-electron chi connectivity index (χ3n) is 3.73. The van der Waals surface area contributed by atoms with Crippen LogP contribution in [0.3, 0.4) is 0 Å². The average molecular weight is 233 g/mol. The molecule has 17 heavy (non-hydrogen) atoms. The van der Waals surface area contributed by atoms with E-state index in [4.69, 9.17) is 0 Å². The van der Waals surface area contributed by atoms with Crippen LogP contribution >= 0.6 is 0 Å². The summed E-state index contributed by atoms with van der Waals surface area (Å²) in [5.74, 6) is 0. The first-order chi connectivity index (χ1) is 8.36. The molecule has 1 atom stereocenters. The Bertz CT molecular complexity index is 349. The molecule has 1 fully saturated rings. The fraction of sp³-hybridized carbons (Fsp3) is 0.600. The number of methoxy groups -OCH3 is 1. The van der Waals surface area contributed by atoms with E-state index < -0.39 is 0 Å². The molecule has 0 saturated carbocycles. The Morgan fingerprint density at radius 1 is 1.29 bits per heavy atom. The molecule has 0 amide bonds. The van der Waals surface area contributed by atoms with Gasteiger partial charge in [-0.25, -0.2) is 0 Å². The molecule has 0 radical (unpaired) electrons. The van der Waals surface area contributed by atoms with Gasteiger partial charge in [-0.05, 0) is 43.9 Å². The first kappa shape index (κ1) is 12.6. The van der Waals surface area contributed by atoms with Gasteiger partial charge in [-0.3, -0.25) is 4.90 Å². The normalized spacial score (nSPS) is 22.4. The predicted molar refractivity (Wildman–Crippen MR) is 71.2 cm³/mol. The SMILES string of the molecule is CCOC.c1ccc2c(c1)CCN1CCC[C@@H]21. The maximum Gasteiger partial charge on any atom is 0.0433 e. The summed E-state index contributed by atoms with van der Waals surface area (Å²) in [4.78, 5) is 2.64. The minimum atomic E-state index is 0.755. The predicted octanol–water partition coefficient (Wildman–Crippen LogP) is 3.03. The number of rotatable bonds is 1. The minimum absolute atomic E-state index is 0.755. The molecule has 2 aliphatic rings. The number of hydrogen-bond donors (Lipinski definition) is 0. The molecular weight excluding hydrogens is 210 g/mol. The van der Waals surface area contributed by atoms with Gasteiger partial charge in [0.2, 0.25) is 0 Å². The highest BCUT2D eigenvalue weighted by Crippen LogP contribution is 2.36. The van der Waals surface area contributed by atoms with E-state index in [1.165, 1.54) is 32.4 Å².